The normalized spacial score (nSPS) is 11.7. The van der Waals surface area contributed by atoms with Crippen LogP contribution in [0.3, 0.4) is 0 Å². The second-order valence-corrected chi connectivity index (χ2v) is 6.40. The average Bonchev–Trinajstić information content (AvgIpc) is 2.63. The Hall–Kier alpha value is -2.20. The second-order valence-electron chi connectivity index (χ2n) is 5.96. The highest BCUT2D eigenvalue weighted by Crippen LogP contribution is 2.28. The Kier molecular flexibility index (Phi) is 7.14. The minimum Gasteiger partial charge on any atom is -0.493 e. The first kappa shape index (κ1) is 19.1. The van der Waals surface area contributed by atoms with Gasteiger partial charge in [0.2, 0.25) is 5.91 Å². The quantitative estimate of drug-likeness (QED) is 0.775. The molecule has 0 heterocycles. The lowest BCUT2D eigenvalue weighted by atomic mass is 10.00. The van der Waals surface area contributed by atoms with Gasteiger partial charge >= 0.3 is 0 Å². The summed E-state index contributed by atoms with van der Waals surface area (Å²) < 4.78 is 10.5. The lowest BCUT2D eigenvalue weighted by molar-refractivity contribution is -0.124. The van der Waals surface area contributed by atoms with Gasteiger partial charge in [0.25, 0.3) is 0 Å². The summed E-state index contributed by atoms with van der Waals surface area (Å²) in [4.78, 5) is 12.3. The van der Waals surface area contributed by atoms with Crippen LogP contribution in [-0.4, -0.2) is 26.7 Å². The predicted octanol–water partition coefficient (Wildman–Crippen LogP) is 3.89. The summed E-state index contributed by atoms with van der Waals surface area (Å²) in [6.45, 7) is 2.53. The zero-order valence-corrected chi connectivity index (χ0v) is 15.6. The fourth-order valence-corrected chi connectivity index (χ4v) is 2.74. The van der Waals surface area contributed by atoms with E-state index in [4.69, 9.17) is 21.1 Å². The van der Waals surface area contributed by atoms with E-state index >= 15 is 0 Å². The van der Waals surface area contributed by atoms with E-state index in [1.54, 1.807) is 14.2 Å². The third-order valence-corrected chi connectivity index (χ3v) is 4.32. The van der Waals surface area contributed by atoms with E-state index in [-0.39, 0.29) is 11.8 Å². The van der Waals surface area contributed by atoms with Crippen LogP contribution in [0.15, 0.2) is 42.5 Å². The number of carbonyl (C=O) groups is 1. The zero-order valence-electron chi connectivity index (χ0n) is 14.8. The van der Waals surface area contributed by atoms with E-state index in [9.17, 15) is 4.79 Å². The highest BCUT2D eigenvalue weighted by molar-refractivity contribution is 6.30. The summed E-state index contributed by atoms with van der Waals surface area (Å²) in [6, 6.07) is 13.4. The fourth-order valence-electron chi connectivity index (χ4n) is 2.61. The number of hydrogen-bond acceptors (Lipinski definition) is 3. The summed E-state index contributed by atoms with van der Waals surface area (Å²) >= 11 is 5.87. The molecule has 0 aromatic heterocycles. The highest BCUT2D eigenvalue weighted by Gasteiger charge is 2.14. The summed E-state index contributed by atoms with van der Waals surface area (Å²) in [5, 5.41) is 3.71. The summed E-state index contributed by atoms with van der Waals surface area (Å²) in [6.07, 6.45) is 1.43. The minimum absolute atomic E-state index is 0.0451. The van der Waals surface area contributed by atoms with Crippen LogP contribution in [0, 0.1) is 5.92 Å². The number of rotatable bonds is 8. The van der Waals surface area contributed by atoms with Crippen LogP contribution >= 0.6 is 11.6 Å². The Morgan fingerprint density at radius 2 is 1.68 bits per heavy atom. The minimum atomic E-state index is -0.122. The number of halogens is 1. The molecule has 25 heavy (non-hydrogen) atoms. The van der Waals surface area contributed by atoms with Crippen molar-refractivity contribution in [3.05, 3.63) is 58.6 Å². The van der Waals surface area contributed by atoms with Crippen molar-refractivity contribution in [2.24, 2.45) is 5.92 Å². The van der Waals surface area contributed by atoms with Gasteiger partial charge in [-0.2, -0.15) is 0 Å². The number of benzene rings is 2. The molecule has 0 saturated heterocycles. The third-order valence-electron chi connectivity index (χ3n) is 4.06. The van der Waals surface area contributed by atoms with Crippen LogP contribution in [0.25, 0.3) is 0 Å². The summed E-state index contributed by atoms with van der Waals surface area (Å²) in [5.41, 5.74) is 2.19. The van der Waals surface area contributed by atoms with Gasteiger partial charge in [0.15, 0.2) is 11.5 Å². The maximum atomic E-state index is 12.3. The van der Waals surface area contributed by atoms with Crippen LogP contribution in [-0.2, 0) is 17.6 Å². The lowest BCUT2D eigenvalue weighted by Gasteiger charge is -2.14. The van der Waals surface area contributed by atoms with Gasteiger partial charge in [-0.3, -0.25) is 4.79 Å². The van der Waals surface area contributed by atoms with Gasteiger partial charge in [-0.05, 0) is 48.2 Å². The Balaban J connectivity index is 1.84. The van der Waals surface area contributed by atoms with Gasteiger partial charge < -0.3 is 14.8 Å². The summed E-state index contributed by atoms with van der Waals surface area (Å²) in [5.74, 6) is 1.29. The molecule has 0 fully saturated rings. The van der Waals surface area contributed by atoms with Gasteiger partial charge in [-0.25, -0.2) is 0 Å². The van der Waals surface area contributed by atoms with Crippen LogP contribution in [0.1, 0.15) is 18.1 Å². The number of ether oxygens (including phenoxy) is 2. The molecule has 5 heteroatoms. The van der Waals surface area contributed by atoms with Gasteiger partial charge in [0.1, 0.15) is 0 Å². The van der Waals surface area contributed by atoms with E-state index in [1.165, 1.54) is 0 Å². The van der Waals surface area contributed by atoms with E-state index in [1.807, 2.05) is 49.4 Å². The SMILES string of the molecule is COc1ccc(CC(C)C(=O)NCCc2ccc(Cl)cc2)cc1OC. The van der Waals surface area contributed by atoms with Gasteiger partial charge in [-0.15, -0.1) is 0 Å². The molecule has 0 saturated carbocycles. The van der Waals surface area contributed by atoms with Gasteiger partial charge in [0, 0.05) is 17.5 Å². The smallest absolute Gasteiger partial charge is 0.223 e. The fraction of sp³-hybridized carbons (Fsp3) is 0.350. The number of methoxy groups -OCH3 is 2. The molecule has 0 aliphatic heterocycles. The molecule has 4 nitrogen and oxygen atoms in total. The molecule has 1 atom stereocenters. The molecule has 2 aromatic carbocycles. The maximum Gasteiger partial charge on any atom is 0.223 e. The molecular weight excluding hydrogens is 338 g/mol. The standard InChI is InChI=1S/C20H24ClNO3/c1-14(12-16-6-9-18(24-2)19(13-16)25-3)20(23)22-11-10-15-4-7-17(21)8-5-15/h4-9,13-14H,10-12H2,1-3H3,(H,22,23). The molecule has 0 aliphatic carbocycles. The predicted molar refractivity (Wildman–Crippen MR) is 101 cm³/mol. The molecule has 1 unspecified atom stereocenters. The number of nitrogens with one attached hydrogen (secondary N) is 1. The van der Waals surface area contributed by atoms with Crippen LogP contribution in [0.2, 0.25) is 5.02 Å². The van der Waals surface area contributed by atoms with Gasteiger partial charge in [-0.1, -0.05) is 36.7 Å². The molecule has 134 valence electrons. The van der Waals surface area contributed by atoms with Crippen molar-refractivity contribution in [1.82, 2.24) is 5.32 Å². The van der Waals surface area contributed by atoms with Crippen LogP contribution in [0.4, 0.5) is 0 Å². The number of hydrogen-bond donors (Lipinski definition) is 1. The van der Waals surface area contributed by atoms with Crippen molar-refractivity contribution >= 4 is 17.5 Å². The molecule has 2 aromatic rings. The lowest BCUT2D eigenvalue weighted by Crippen LogP contribution is -2.31. The molecule has 0 radical (unpaired) electrons. The molecule has 0 aliphatic rings. The Bertz CT molecular complexity index is 701. The molecule has 2 rings (SSSR count). The van der Waals surface area contributed by atoms with Gasteiger partial charge in [0.05, 0.1) is 14.2 Å². The zero-order chi connectivity index (χ0) is 18.2. The Morgan fingerprint density at radius 1 is 1.04 bits per heavy atom. The van der Waals surface area contributed by atoms with E-state index in [2.05, 4.69) is 5.32 Å². The van der Waals surface area contributed by atoms with Crippen molar-refractivity contribution in [2.75, 3.05) is 20.8 Å². The first-order valence-electron chi connectivity index (χ1n) is 8.26. The highest BCUT2D eigenvalue weighted by atomic mass is 35.5. The first-order valence-corrected chi connectivity index (χ1v) is 8.64. The average molecular weight is 362 g/mol. The number of carbonyl (C=O) groups excluding carboxylic acids is 1. The van der Waals surface area contributed by atoms with Crippen molar-refractivity contribution < 1.29 is 14.3 Å². The van der Waals surface area contributed by atoms with E-state index < -0.39 is 0 Å². The van der Waals surface area contributed by atoms with Crippen molar-refractivity contribution in [3.63, 3.8) is 0 Å². The van der Waals surface area contributed by atoms with E-state index in [0.717, 1.165) is 22.6 Å². The Morgan fingerprint density at radius 3 is 2.32 bits per heavy atom. The Labute approximate surface area is 154 Å². The molecular formula is C20H24ClNO3. The second kappa shape index (κ2) is 9.33. The van der Waals surface area contributed by atoms with Crippen molar-refractivity contribution in [3.8, 4) is 11.5 Å². The van der Waals surface area contributed by atoms with E-state index in [0.29, 0.717) is 24.5 Å². The summed E-state index contributed by atoms with van der Waals surface area (Å²) in [7, 11) is 3.21. The maximum absolute atomic E-state index is 12.3. The monoisotopic (exact) mass is 361 g/mol. The molecule has 1 N–H and O–H groups in total. The number of amides is 1. The molecule has 1 amide bonds. The van der Waals surface area contributed by atoms with Crippen molar-refractivity contribution in [1.29, 1.82) is 0 Å². The van der Waals surface area contributed by atoms with Crippen molar-refractivity contribution in [2.45, 2.75) is 19.8 Å². The van der Waals surface area contributed by atoms with Crippen LogP contribution < -0.4 is 14.8 Å². The largest absolute Gasteiger partial charge is 0.493 e. The molecule has 0 spiro atoms. The topological polar surface area (TPSA) is 47.6 Å². The van der Waals surface area contributed by atoms with Crippen LogP contribution in [0.5, 0.6) is 11.5 Å². The first-order chi connectivity index (χ1) is 12.0. The third kappa shape index (κ3) is 5.68. The molecule has 0 bridgehead atoms.